The molecule has 7 nitrogen and oxygen atoms in total. The third-order valence-corrected chi connectivity index (χ3v) is 5.45. The molecule has 7 heteroatoms. The predicted octanol–water partition coefficient (Wildman–Crippen LogP) is 6.56. The second kappa shape index (κ2) is 13.7. The van der Waals surface area contributed by atoms with Gasteiger partial charge in [0.1, 0.15) is 17.2 Å². The van der Waals surface area contributed by atoms with Gasteiger partial charge in [0.25, 0.3) is 0 Å². The Morgan fingerprint density at radius 1 is 0.639 bits per heavy atom. The Morgan fingerprint density at radius 2 is 1.19 bits per heavy atom. The highest BCUT2D eigenvalue weighted by Crippen LogP contribution is 2.19. The maximum atomic E-state index is 12.5. The minimum absolute atomic E-state index is 0.0139. The van der Waals surface area contributed by atoms with E-state index in [2.05, 4.69) is 6.92 Å². The first-order chi connectivity index (χ1) is 17.5. The average molecular weight is 491 g/mol. The SMILES string of the molecule is CCCCCCCCOc1ccc(C(=O)Oc2ccc(C(=O)Oc3cccc(C(=O)O)c3)cc2)cc1. The predicted molar refractivity (Wildman–Crippen MR) is 135 cm³/mol. The van der Waals surface area contributed by atoms with E-state index >= 15 is 0 Å². The van der Waals surface area contributed by atoms with Crippen molar-refractivity contribution in [3.05, 3.63) is 89.5 Å². The van der Waals surface area contributed by atoms with E-state index in [9.17, 15) is 14.4 Å². The molecule has 0 amide bonds. The van der Waals surface area contributed by atoms with Crippen molar-refractivity contribution in [1.82, 2.24) is 0 Å². The summed E-state index contributed by atoms with van der Waals surface area (Å²) in [5.74, 6) is -1.21. The lowest BCUT2D eigenvalue weighted by molar-refractivity contribution is 0.0686. The first-order valence-electron chi connectivity index (χ1n) is 12.1. The van der Waals surface area contributed by atoms with E-state index in [-0.39, 0.29) is 22.6 Å². The van der Waals surface area contributed by atoms with Crippen molar-refractivity contribution >= 4 is 17.9 Å². The maximum Gasteiger partial charge on any atom is 0.343 e. The smallest absolute Gasteiger partial charge is 0.343 e. The normalized spacial score (nSPS) is 10.5. The Balaban J connectivity index is 1.47. The van der Waals surface area contributed by atoms with Crippen molar-refractivity contribution in [2.45, 2.75) is 45.4 Å². The zero-order valence-corrected chi connectivity index (χ0v) is 20.3. The van der Waals surface area contributed by atoms with Crippen LogP contribution in [0, 0.1) is 0 Å². The molecule has 0 aliphatic heterocycles. The summed E-state index contributed by atoms with van der Waals surface area (Å²) in [6, 6.07) is 18.3. The largest absolute Gasteiger partial charge is 0.494 e. The Labute approximate surface area is 210 Å². The molecule has 0 radical (unpaired) electrons. The summed E-state index contributed by atoms with van der Waals surface area (Å²) in [5.41, 5.74) is 0.617. The lowest BCUT2D eigenvalue weighted by Gasteiger charge is -2.08. The molecule has 0 atom stereocenters. The van der Waals surface area contributed by atoms with Crippen LogP contribution in [0.1, 0.15) is 76.5 Å². The number of carbonyl (C=O) groups is 3. The van der Waals surface area contributed by atoms with Gasteiger partial charge in [-0.3, -0.25) is 0 Å². The number of aromatic carboxylic acids is 1. The number of rotatable bonds is 13. The van der Waals surface area contributed by atoms with E-state index in [1.165, 1.54) is 74.2 Å². The Kier molecular flexibility index (Phi) is 10.1. The van der Waals surface area contributed by atoms with Crippen LogP contribution in [0.25, 0.3) is 0 Å². The summed E-state index contributed by atoms with van der Waals surface area (Å²) in [6.07, 6.45) is 7.16. The lowest BCUT2D eigenvalue weighted by atomic mass is 10.1. The minimum atomic E-state index is -1.12. The number of hydrogen-bond donors (Lipinski definition) is 1. The molecule has 0 aliphatic carbocycles. The number of carbonyl (C=O) groups excluding carboxylic acids is 2. The summed E-state index contributed by atoms with van der Waals surface area (Å²) in [7, 11) is 0. The molecule has 188 valence electrons. The minimum Gasteiger partial charge on any atom is -0.494 e. The molecule has 36 heavy (non-hydrogen) atoms. The van der Waals surface area contributed by atoms with Crippen molar-refractivity contribution in [3.8, 4) is 17.2 Å². The van der Waals surface area contributed by atoms with Crippen molar-refractivity contribution in [1.29, 1.82) is 0 Å². The molecule has 3 aromatic rings. The summed E-state index contributed by atoms with van der Waals surface area (Å²) in [4.78, 5) is 35.9. The van der Waals surface area contributed by atoms with Gasteiger partial charge >= 0.3 is 17.9 Å². The Morgan fingerprint density at radius 3 is 1.81 bits per heavy atom. The number of carboxylic acid groups (broad SMARTS) is 1. The fourth-order valence-corrected chi connectivity index (χ4v) is 3.44. The fourth-order valence-electron chi connectivity index (χ4n) is 3.44. The van der Waals surface area contributed by atoms with E-state index in [0.717, 1.165) is 12.8 Å². The van der Waals surface area contributed by atoms with Crippen LogP contribution in [0.3, 0.4) is 0 Å². The average Bonchev–Trinajstić information content (AvgIpc) is 2.89. The molecule has 0 saturated heterocycles. The van der Waals surface area contributed by atoms with Crippen molar-refractivity contribution < 1.29 is 33.7 Å². The van der Waals surface area contributed by atoms with Crippen molar-refractivity contribution in [2.24, 2.45) is 0 Å². The quantitative estimate of drug-likeness (QED) is 0.164. The zero-order valence-electron chi connectivity index (χ0n) is 20.3. The lowest BCUT2D eigenvalue weighted by Crippen LogP contribution is -2.10. The fraction of sp³-hybridized carbons (Fsp3) is 0.276. The number of unbranched alkanes of at least 4 members (excludes halogenated alkanes) is 5. The molecule has 0 aromatic heterocycles. The molecule has 0 spiro atoms. The second-order valence-electron chi connectivity index (χ2n) is 8.28. The summed E-state index contributed by atoms with van der Waals surface area (Å²) >= 11 is 0. The Hall–Kier alpha value is -4.13. The standard InChI is InChI=1S/C29H30O7/c1-2-3-4-5-6-7-19-34-24-15-11-21(12-16-24)28(32)35-25-17-13-22(14-18-25)29(33)36-26-10-8-9-23(20-26)27(30)31/h8-18,20H,2-7,19H2,1H3,(H,30,31). The molecule has 0 heterocycles. The van der Waals surface area contributed by atoms with Crippen molar-refractivity contribution in [2.75, 3.05) is 6.61 Å². The van der Waals surface area contributed by atoms with Gasteiger partial charge in [-0.05, 0) is 73.2 Å². The zero-order chi connectivity index (χ0) is 25.8. The van der Waals surface area contributed by atoms with Gasteiger partial charge in [-0.2, -0.15) is 0 Å². The van der Waals surface area contributed by atoms with Gasteiger partial charge in [0, 0.05) is 0 Å². The van der Waals surface area contributed by atoms with Crippen LogP contribution in [-0.4, -0.2) is 29.6 Å². The van der Waals surface area contributed by atoms with Gasteiger partial charge in [-0.1, -0.05) is 45.1 Å². The molecular formula is C29H30O7. The van der Waals surface area contributed by atoms with Crippen LogP contribution in [-0.2, 0) is 0 Å². The van der Waals surface area contributed by atoms with Crippen LogP contribution in [0.2, 0.25) is 0 Å². The van der Waals surface area contributed by atoms with E-state index in [0.29, 0.717) is 17.9 Å². The monoisotopic (exact) mass is 490 g/mol. The van der Waals surface area contributed by atoms with Crippen LogP contribution < -0.4 is 14.2 Å². The number of esters is 2. The Bertz CT molecular complexity index is 1150. The van der Waals surface area contributed by atoms with Gasteiger partial charge in [-0.25, -0.2) is 14.4 Å². The van der Waals surface area contributed by atoms with Gasteiger partial charge in [0.2, 0.25) is 0 Å². The third-order valence-electron chi connectivity index (χ3n) is 5.45. The second-order valence-corrected chi connectivity index (χ2v) is 8.28. The van der Waals surface area contributed by atoms with Crippen LogP contribution in [0.4, 0.5) is 0 Å². The van der Waals surface area contributed by atoms with Gasteiger partial charge < -0.3 is 19.3 Å². The number of benzene rings is 3. The first kappa shape index (κ1) is 26.5. The summed E-state index contributed by atoms with van der Waals surface area (Å²) in [6.45, 7) is 2.85. The van der Waals surface area contributed by atoms with E-state index in [1.807, 2.05) is 0 Å². The third kappa shape index (κ3) is 8.27. The maximum absolute atomic E-state index is 12.5. The van der Waals surface area contributed by atoms with E-state index < -0.39 is 17.9 Å². The van der Waals surface area contributed by atoms with Crippen molar-refractivity contribution in [3.63, 3.8) is 0 Å². The highest BCUT2D eigenvalue weighted by molar-refractivity contribution is 5.93. The van der Waals surface area contributed by atoms with Crippen LogP contribution >= 0.6 is 0 Å². The molecular weight excluding hydrogens is 460 g/mol. The first-order valence-corrected chi connectivity index (χ1v) is 12.1. The van der Waals surface area contributed by atoms with E-state index in [4.69, 9.17) is 19.3 Å². The number of hydrogen-bond acceptors (Lipinski definition) is 6. The molecule has 3 aromatic carbocycles. The van der Waals surface area contributed by atoms with E-state index in [1.54, 1.807) is 24.3 Å². The summed E-state index contributed by atoms with van der Waals surface area (Å²) < 4.78 is 16.3. The molecule has 0 aliphatic rings. The van der Waals surface area contributed by atoms with Gasteiger partial charge in [0.15, 0.2) is 0 Å². The number of ether oxygens (including phenoxy) is 3. The van der Waals surface area contributed by atoms with Crippen LogP contribution in [0.5, 0.6) is 17.2 Å². The van der Waals surface area contributed by atoms with Crippen LogP contribution in [0.15, 0.2) is 72.8 Å². The molecule has 1 N–H and O–H groups in total. The molecule has 0 saturated carbocycles. The number of carboxylic acids is 1. The molecule has 0 unspecified atom stereocenters. The van der Waals surface area contributed by atoms with Gasteiger partial charge in [-0.15, -0.1) is 0 Å². The topological polar surface area (TPSA) is 99.1 Å². The summed E-state index contributed by atoms with van der Waals surface area (Å²) in [5, 5.41) is 9.04. The van der Waals surface area contributed by atoms with Gasteiger partial charge in [0.05, 0.1) is 23.3 Å². The highest BCUT2D eigenvalue weighted by Gasteiger charge is 2.13. The molecule has 0 fully saturated rings. The highest BCUT2D eigenvalue weighted by atomic mass is 16.5. The molecule has 3 rings (SSSR count). The molecule has 0 bridgehead atoms.